The summed E-state index contributed by atoms with van der Waals surface area (Å²) in [5, 5.41) is 0.965. The third kappa shape index (κ3) is 3.37. The molecule has 0 radical (unpaired) electrons. The molecule has 18 heavy (non-hydrogen) atoms. The molecule has 0 spiro atoms. The van der Waals surface area contributed by atoms with Crippen LogP contribution < -0.4 is 4.74 Å². The van der Waals surface area contributed by atoms with E-state index in [0.29, 0.717) is 10.2 Å². The van der Waals surface area contributed by atoms with Crippen molar-refractivity contribution in [2.45, 2.75) is 20.0 Å². The third-order valence-electron chi connectivity index (χ3n) is 2.28. The molecule has 0 fully saturated rings. The molecule has 2 nitrogen and oxygen atoms in total. The van der Waals surface area contributed by atoms with Gasteiger partial charge in [0, 0.05) is 10.6 Å². The van der Waals surface area contributed by atoms with Gasteiger partial charge in [0.25, 0.3) is 0 Å². The highest BCUT2D eigenvalue weighted by atomic mass is 35.5. The van der Waals surface area contributed by atoms with Gasteiger partial charge in [0.1, 0.15) is 10.9 Å². The predicted molar refractivity (Wildman–Crippen MR) is 75.5 cm³/mol. The summed E-state index contributed by atoms with van der Waals surface area (Å²) in [6.45, 7) is 3.98. The van der Waals surface area contributed by atoms with Gasteiger partial charge in [0.15, 0.2) is 0 Å². The molecule has 1 aromatic heterocycles. The number of hydrogen-bond donors (Lipinski definition) is 0. The van der Waals surface area contributed by atoms with Crippen LogP contribution in [0, 0.1) is 0 Å². The third-order valence-corrected chi connectivity index (χ3v) is 2.69. The summed E-state index contributed by atoms with van der Waals surface area (Å²) in [5.74, 6) is 0.835. The number of pyridine rings is 1. The van der Waals surface area contributed by atoms with Crippen LogP contribution in [-0.4, -0.2) is 11.1 Å². The van der Waals surface area contributed by atoms with Crippen molar-refractivity contribution in [3.8, 4) is 17.0 Å². The number of ether oxygens (including phenoxy) is 1. The van der Waals surface area contributed by atoms with Crippen molar-refractivity contribution in [2.75, 3.05) is 0 Å². The minimum atomic E-state index is 0.162. The van der Waals surface area contributed by atoms with E-state index in [9.17, 15) is 0 Å². The molecule has 2 rings (SSSR count). The maximum absolute atomic E-state index is 5.95. The Morgan fingerprint density at radius 2 is 1.72 bits per heavy atom. The van der Waals surface area contributed by atoms with Gasteiger partial charge in [0.2, 0.25) is 0 Å². The van der Waals surface area contributed by atoms with E-state index in [1.54, 1.807) is 12.1 Å². The minimum absolute atomic E-state index is 0.162. The second-order valence-corrected chi connectivity index (χ2v) is 5.01. The number of nitrogens with zero attached hydrogens (tertiary/aromatic N) is 1. The Kier molecular flexibility index (Phi) is 4.10. The number of aromatic nitrogens is 1. The van der Waals surface area contributed by atoms with Crippen LogP contribution in [0.1, 0.15) is 13.8 Å². The van der Waals surface area contributed by atoms with Gasteiger partial charge in [-0.2, -0.15) is 0 Å². The molecular formula is C14H13Cl2NO. The lowest BCUT2D eigenvalue weighted by atomic mass is 10.1. The highest BCUT2D eigenvalue weighted by molar-refractivity contribution is 6.34. The Labute approximate surface area is 117 Å². The van der Waals surface area contributed by atoms with Crippen molar-refractivity contribution >= 4 is 23.2 Å². The smallest absolute Gasteiger partial charge is 0.131 e. The normalized spacial score (nSPS) is 10.7. The van der Waals surface area contributed by atoms with Crippen LogP contribution in [0.4, 0.5) is 0 Å². The van der Waals surface area contributed by atoms with Crippen LogP contribution in [-0.2, 0) is 0 Å². The summed E-state index contributed by atoms with van der Waals surface area (Å²) in [7, 11) is 0. The summed E-state index contributed by atoms with van der Waals surface area (Å²) >= 11 is 11.8. The second kappa shape index (κ2) is 5.59. The maximum atomic E-state index is 5.95. The fourth-order valence-corrected chi connectivity index (χ4v) is 2.06. The zero-order valence-corrected chi connectivity index (χ0v) is 11.7. The van der Waals surface area contributed by atoms with E-state index in [1.807, 2.05) is 38.1 Å². The molecule has 0 unspecified atom stereocenters. The average molecular weight is 282 g/mol. The molecule has 0 atom stereocenters. The van der Waals surface area contributed by atoms with Gasteiger partial charge in [-0.1, -0.05) is 23.2 Å². The quantitative estimate of drug-likeness (QED) is 0.751. The number of rotatable bonds is 3. The molecule has 1 aromatic carbocycles. The summed E-state index contributed by atoms with van der Waals surface area (Å²) < 4.78 is 5.58. The first-order chi connectivity index (χ1) is 8.54. The molecule has 0 aliphatic rings. The summed E-state index contributed by atoms with van der Waals surface area (Å²) in [6.07, 6.45) is 0.162. The first kappa shape index (κ1) is 13.2. The van der Waals surface area contributed by atoms with Crippen LogP contribution in [0.2, 0.25) is 10.2 Å². The second-order valence-electron chi connectivity index (χ2n) is 4.18. The van der Waals surface area contributed by atoms with Crippen LogP contribution >= 0.6 is 23.2 Å². The summed E-state index contributed by atoms with van der Waals surface area (Å²) in [5.41, 5.74) is 1.71. The van der Waals surface area contributed by atoms with E-state index in [2.05, 4.69) is 4.98 Å². The van der Waals surface area contributed by atoms with Gasteiger partial charge in [0.05, 0.1) is 11.8 Å². The molecule has 4 heteroatoms. The van der Waals surface area contributed by atoms with Gasteiger partial charge in [-0.25, -0.2) is 4.98 Å². The van der Waals surface area contributed by atoms with Gasteiger partial charge in [-0.05, 0) is 50.2 Å². The van der Waals surface area contributed by atoms with Crippen molar-refractivity contribution in [1.29, 1.82) is 0 Å². The number of hydrogen-bond acceptors (Lipinski definition) is 2. The maximum Gasteiger partial charge on any atom is 0.131 e. The van der Waals surface area contributed by atoms with E-state index in [4.69, 9.17) is 27.9 Å². The van der Waals surface area contributed by atoms with E-state index >= 15 is 0 Å². The van der Waals surface area contributed by atoms with E-state index in [1.165, 1.54) is 0 Å². The first-order valence-electron chi connectivity index (χ1n) is 5.65. The topological polar surface area (TPSA) is 22.1 Å². The molecule has 0 aliphatic carbocycles. The van der Waals surface area contributed by atoms with Crippen molar-refractivity contribution in [3.63, 3.8) is 0 Å². The van der Waals surface area contributed by atoms with Crippen molar-refractivity contribution in [2.24, 2.45) is 0 Å². The highest BCUT2D eigenvalue weighted by Gasteiger charge is 2.04. The van der Waals surface area contributed by atoms with Gasteiger partial charge < -0.3 is 4.74 Å². The molecule has 94 valence electrons. The van der Waals surface area contributed by atoms with Crippen molar-refractivity contribution in [1.82, 2.24) is 4.98 Å². The largest absolute Gasteiger partial charge is 0.491 e. The molecule has 2 aromatic rings. The first-order valence-corrected chi connectivity index (χ1v) is 6.40. The van der Waals surface area contributed by atoms with Gasteiger partial charge in [-0.15, -0.1) is 0 Å². The Hall–Kier alpha value is -1.25. The van der Waals surface area contributed by atoms with Crippen molar-refractivity contribution in [3.05, 3.63) is 46.6 Å². The summed E-state index contributed by atoms with van der Waals surface area (Å²) in [4.78, 5) is 4.24. The molecule has 1 heterocycles. The van der Waals surface area contributed by atoms with Gasteiger partial charge >= 0.3 is 0 Å². The molecule has 0 saturated heterocycles. The van der Waals surface area contributed by atoms with Gasteiger partial charge in [-0.3, -0.25) is 0 Å². The molecule has 0 saturated carbocycles. The summed E-state index contributed by atoms with van der Waals surface area (Å²) in [6, 6.07) is 11.1. The molecule has 0 aliphatic heterocycles. The molecule has 0 bridgehead atoms. The Balaban J connectivity index is 2.28. The Morgan fingerprint density at radius 1 is 1.06 bits per heavy atom. The lowest BCUT2D eigenvalue weighted by Crippen LogP contribution is -2.05. The molecule has 0 amide bonds. The average Bonchev–Trinajstić information content (AvgIpc) is 2.27. The Bertz CT molecular complexity index is 518. The van der Waals surface area contributed by atoms with Crippen LogP contribution in [0.15, 0.2) is 36.4 Å². The predicted octanol–water partition coefficient (Wildman–Crippen LogP) is 4.84. The van der Waals surface area contributed by atoms with Crippen LogP contribution in [0.5, 0.6) is 5.75 Å². The SMILES string of the molecule is CC(C)Oc1ccc(-c2cc(Cl)cc(Cl)n2)cc1. The minimum Gasteiger partial charge on any atom is -0.491 e. The van der Waals surface area contributed by atoms with E-state index in [0.717, 1.165) is 17.0 Å². The van der Waals surface area contributed by atoms with Crippen LogP contribution in [0.3, 0.4) is 0 Å². The fourth-order valence-electron chi connectivity index (χ4n) is 1.59. The lowest BCUT2D eigenvalue weighted by Gasteiger charge is -2.10. The zero-order chi connectivity index (χ0) is 13.1. The van der Waals surface area contributed by atoms with Crippen molar-refractivity contribution < 1.29 is 4.74 Å². The van der Waals surface area contributed by atoms with E-state index in [-0.39, 0.29) is 6.10 Å². The van der Waals surface area contributed by atoms with Crippen LogP contribution in [0.25, 0.3) is 11.3 Å². The zero-order valence-electron chi connectivity index (χ0n) is 10.2. The standard InChI is InChI=1S/C14H13Cl2NO/c1-9(2)18-12-5-3-10(4-6-12)13-7-11(15)8-14(16)17-13/h3-9H,1-2H3. The number of benzene rings is 1. The van der Waals surface area contributed by atoms with E-state index < -0.39 is 0 Å². The lowest BCUT2D eigenvalue weighted by molar-refractivity contribution is 0.242. The number of halogens is 2. The monoisotopic (exact) mass is 281 g/mol. The molecular weight excluding hydrogens is 269 g/mol. The highest BCUT2D eigenvalue weighted by Crippen LogP contribution is 2.25. The fraction of sp³-hybridized carbons (Fsp3) is 0.214. The Morgan fingerprint density at radius 3 is 2.28 bits per heavy atom. The molecule has 0 N–H and O–H groups in total.